The standard InChI is InChI=1S/C14H16O.3CO.Cr/c1-11(15)9-10-13-7-4-6-12-5-2-3-8-14(12)13;3*1-2;/h2-3,5,7-8H,4,6,9-10H2,1H3;;;;. The van der Waals surface area contributed by atoms with Gasteiger partial charge in [0.15, 0.2) is 0 Å². The van der Waals surface area contributed by atoms with Gasteiger partial charge in [0.05, 0.1) is 0 Å². The summed E-state index contributed by atoms with van der Waals surface area (Å²) >= 11 is 0. The van der Waals surface area contributed by atoms with Crippen LogP contribution in [0.5, 0.6) is 0 Å². The Morgan fingerprint density at radius 3 is 2.18 bits per heavy atom. The van der Waals surface area contributed by atoms with E-state index >= 15 is 0 Å². The largest absolute Gasteiger partial charge is 0 e. The van der Waals surface area contributed by atoms with Crippen molar-refractivity contribution in [2.24, 2.45) is 0 Å². The Kier molecular flexibility index (Phi) is 20.1. The van der Waals surface area contributed by atoms with Crippen molar-refractivity contribution >= 4 is 11.4 Å². The maximum Gasteiger partial charge on any atom is 0 e. The van der Waals surface area contributed by atoms with E-state index in [0.717, 1.165) is 19.3 Å². The molecule has 0 N–H and O–H groups in total. The number of ketones is 1. The Morgan fingerprint density at radius 2 is 1.64 bits per heavy atom. The number of fused-ring (bicyclic) bond motifs is 1. The fourth-order valence-electron chi connectivity index (χ4n) is 2.11. The number of aryl methyl sites for hydroxylation is 1. The van der Waals surface area contributed by atoms with E-state index in [4.69, 9.17) is 14.0 Å². The first-order valence-electron chi connectivity index (χ1n) is 6.15. The summed E-state index contributed by atoms with van der Waals surface area (Å²) in [7, 11) is 0. The van der Waals surface area contributed by atoms with E-state index in [-0.39, 0.29) is 23.1 Å². The van der Waals surface area contributed by atoms with Gasteiger partial charge in [-0.3, -0.25) is 0 Å². The van der Waals surface area contributed by atoms with Crippen molar-refractivity contribution in [3.8, 4) is 0 Å². The van der Waals surface area contributed by atoms with Crippen molar-refractivity contribution in [2.45, 2.75) is 32.6 Å². The van der Waals surface area contributed by atoms with E-state index < -0.39 is 0 Å². The number of carbonyl (C=O) groups is 1. The molecule has 0 unspecified atom stereocenters. The molecular weight excluding hydrogens is 320 g/mol. The van der Waals surface area contributed by atoms with Gasteiger partial charge in [0, 0.05) is 23.8 Å². The van der Waals surface area contributed by atoms with Crippen LogP contribution in [0.4, 0.5) is 0 Å². The summed E-state index contributed by atoms with van der Waals surface area (Å²) in [6.45, 7) is 15.2. The number of benzene rings is 1. The molecule has 5 heteroatoms. The molecule has 4 nitrogen and oxygen atoms in total. The predicted octanol–water partition coefficient (Wildman–Crippen LogP) is 3.27. The minimum Gasteiger partial charge on any atom is 0 e. The summed E-state index contributed by atoms with van der Waals surface area (Å²) in [5, 5.41) is 0. The number of rotatable bonds is 3. The van der Waals surface area contributed by atoms with Crippen molar-refractivity contribution in [3.63, 3.8) is 0 Å². The summed E-state index contributed by atoms with van der Waals surface area (Å²) in [6.07, 6.45) is 6.10. The maximum absolute atomic E-state index is 11.0. The van der Waals surface area contributed by atoms with Crippen molar-refractivity contribution < 1.29 is 36.1 Å². The Labute approximate surface area is 141 Å². The van der Waals surface area contributed by atoms with Gasteiger partial charge in [-0.25, -0.2) is 0 Å². The van der Waals surface area contributed by atoms with E-state index in [2.05, 4.69) is 50.3 Å². The number of carbonyl (C=O) groups excluding carboxylic acids is 1. The van der Waals surface area contributed by atoms with Gasteiger partial charge in [-0.05, 0) is 42.9 Å². The molecule has 0 bridgehead atoms. The van der Waals surface area contributed by atoms with Gasteiger partial charge in [0.1, 0.15) is 5.78 Å². The zero-order chi connectivity index (χ0) is 16.7. The molecule has 0 amide bonds. The first-order valence-corrected chi connectivity index (χ1v) is 6.15. The average Bonchev–Trinajstić information content (AvgIpc) is 2.58. The van der Waals surface area contributed by atoms with E-state index in [1.54, 1.807) is 6.92 Å². The molecule has 0 fully saturated rings. The Hall–Kier alpha value is -1.62. The molecule has 0 saturated carbocycles. The predicted molar refractivity (Wildman–Crippen MR) is 74.4 cm³/mol. The van der Waals surface area contributed by atoms with Gasteiger partial charge in [-0.15, -0.1) is 0 Å². The molecule has 2 rings (SSSR count). The zero-order valence-corrected chi connectivity index (χ0v) is 13.5. The molecule has 0 aromatic heterocycles. The molecule has 1 aliphatic carbocycles. The molecule has 0 aliphatic heterocycles. The molecule has 22 heavy (non-hydrogen) atoms. The third-order valence-corrected chi connectivity index (χ3v) is 2.91. The van der Waals surface area contributed by atoms with E-state index in [0.29, 0.717) is 6.42 Å². The van der Waals surface area contributed by atoms with E-state index in [1.165, 1.54) is 16.7 Å². The quantitative estimate of drug-likeness (QED) is 0.616. The summed E-state index contributed by atoms with van der Waals surface area (Å²) in [6, 6.07) is 8.52. The van der Waals surface area contributed by atoms with Crippen LogP contribution in [0.1, 0.15) is 37.3 Å². The van der Waals surface area contributed by atoms with Crippen LogP contribution in [0.25, 0.3) is 5.57 Å². The summed E-state index contributed by atoms with van der Waals surface area (Å²) < 4.78 is 22.5. The van der Waals surface area contributed by atoms with Crippen LogP contribution in [0, 0.1) is 20.0 Å². The van der Waals surface area contributed by atoms with Crippen molar-refractivity contribution in [2.75, 3.05) is 0 Å². The minimum atomic E-state index is 0. The first-order chi connectivity index (χ1) is 10.3. The molecule has 0 atom stereocenters. The molecule has 1 aliphatic rings. The third kappa shape index (κ3) is 9.34. The van der Waals surface area contributed by atoms with Gasteiger partial charge in [-0.1, -0.05) is 30.3 Å². The first kappa shape index (κ1) is 25.3. The van der Waals surface area contributed by atoms with E-state index in [9.17, 15) is 4.79 Å². The van der Waals surface area contributed by atoms with Crippen molar-refractivity contribution in [1.82, 2.24) is 0 Å². The van der Waals surface area contributed by atoms with Crippen molar-refractivity contribution in [1.29, 1.82) is 0 Å². The molecular formula is C17H16CrO4. The molecule has 0 saturated heterocycles. The van der Waals surface area contributed by atoms with E-state index in [1.807, 2.05) is 0 Å². The van der Waals surface area contributed by atoms with Crippen LogP contribution in [0.3, 0.4) is 0 Å². The fraction of sp³-hybridized carbons (Fsp3) is 0.294. The molecule has 0 radical (unpaired) electrons. The van der Waals surface area contributed by atoms with Gasteiger partial charge >= 0.3 is 33.9 Å². The summed E-state index contributed by atoms with van der Waals surface area (Å²) in [5.74, 6) is 0.277. The zero-order valence-electron chi connectivity index (χ0n) is 12.3. The number of hydrogen-bond acceptors (Lipinski definition) is 1. The third-order valence-electron chi connectivity index (χ3n) is 2.91. The number of Topliss-reactive ketones (excluding diaryl/α,β-unsaturated/α-hetero) is 1. The fourth-order valence-corrected chi connectivity index (χ4v) is 2.11. The number of hydrogen-bond donors (Lipinski definition) is 0. The second kappa shape index (κ2) is 17.4. The topological polar surface area (TPSA) is 76.8 Å². The van der Waals surface area contributed by atoms with Gasteiger partial charge in [-0.2, -0.15) is 0 Å². The van der Waals surface area contributed by atoms with Gasteiger partial charge in [0.25, 0.3) is 0 Å². The smallest absolute Gasteiger partial charge is 0 e. The minimum absolute atomic E-state index is 0. The molecule has 0 spiro atoms. The molecule has 1 aromatic rings. The van der Waals surface area contributed by atoms with Gasteiger partial charge < -0.3 is 4.79 Å². The molecule has 114 valence electrons. The van der Waals surface area contributed by atoms with Crippen molar-refractivity contribution in [3.05, 3.63) is 61.4 Å². The Morgan fingerprint density at radius 1 is 1.09 bits per heavy atom. The van der Waals surface area contributed by atoms with Crippen LogP contribution in [0.2, 0.25) is 0 Å². The van der Waals surface area contributed by atoms with Crippen LogP contribution < -0.4 is 0 Å². The van der Waals surface area contributed by atoms with Crippen LogP contribution >= 0.6 is 0 Å². The van der Waals surface area contributed by atoms with Crippen LogP contribution in [-0.4, -0.2) is 5.78 Å². The summed E-state index contributed by atoms with van der Waals surface area (Å²) in [4.78, 5) is 11.0. The van der Waals surface area contributed by atoms with Crippen LogP contribution in [0.15, 0.2) is 30.3 Å². The SMILES string of the molecule is CC(=O)CCC1=CCCc2ccccc21.[C-]#[O+].[C-]#[O+].[C-]#[O+].[Cr]. The molecule has 1 aromatic carbocycles. The van der Waals surface area contributed by atoms with Crippen LogP contribution in [-0.2, 0) is 42.5 Å². The Bertz CT molecular complexity index is 513. The Balaban J connectivity index is -0.000000463. The maximum atomic E-state index is 11.0. The normalized spacial score (nSPS) is 10.0. The second-order valence-electron chi connectivity index (χ2n) is 4.13. The van der Waals surface area contributed by atoms with Gasteiger partial charge in [0.2, 0.25) is 0 Å². The number of allylic oxidation sites excluding steroid dienone is 2. The molecule has 0 heterocycles. The average molecular weight is 336 g/mol. The second-order valence-corrected chi connectivity index (χ2v) is 4.13. The summed E-state index contributed by atoms with van der Waals surface area (Å²) in [5.41, 5.74) is 4.13. The monoisotopic (exact) mass is 336 g/mol.